The van der Waals surface area contributed by atoms with Crippen LogP contribution in [0.15, 0.2) is 53.9 Å². The third kappa shape index (κ3) is 7.05. The van der Waals surface area contributed by atoms with E-state index in [0.717, 1.165) is 0 Å². The van der Waals surface area contributed by atoms with E-state index < -0.39 is 30.3 Å². The minimum Gasteiger partial charge on any atom is -0.404 e. The van der Waals surface area contributed by atoms with Crippen molar-refractivity contribution in [3.05, 3.63) is 60.1 Å². The zero-order valence-electron chi connectivity index (χ0n) is 23.8. The molecule has 0 radical (unpaired) electrons. The quantitative estimate of drug-likeness (QED) is 0.366. The molecule has 1 aromatic carbocycles. The Kier molecular flexibility index (Phi) is 8.96. The number of hydrogen-bond acceptors (Lipinski definition) is 8. The van der Waals surface area contributed by atoms with Gasteiger partial charge in [0, 0.05) is 55.0 Å². The summed E-state index contributed by atoms with van der Waals surface area (Å²) in [6.45, 7) is 2.71. The van der Waals surface area contributed by atoms with Gasteiger partial charge in [-0.3, -0.25) is 9.79 Å². The van der Waals surface area contributed by atoms with Gasteiger partial charge in [0.1, 0.15) is 11.3 Å². The molecule has 0 saturated carbocycles. The van der Waals surface area contributed by atoms with Gasteiger partial charge in [0.25, 0.3) is 0 Å². The molecule has 2 aromatic heterocycles. The highest BCUT2D eigenvalue weighted by Gasteiger charge is 2.46. The first-order valence-electron chi connectivity index (χ1n) is 14.1. The lowest BCUT2D eigenvalue weighted by Gasteiger charge is -2.48. The zero-order chi connectivity index (χ0) is 31.3. The summed E-state index contributed by atoms with van der Waals surface area (Å²) in [5.74, 6) is -0.488. The third-order valence-electron chi connectivity index (χ3n) is 7.59. The van der Waals surface area contributed by atoms with Crippen LogP contribution in [0.4, 0.5) is 18.0 Å². The van der Waals surface area contributed by atoms with Gasteiger partial charge in [-0.2, -0.15) is 23.5 Å². The van der Waals surface area contributed by atoms with E-state index in [-0.39, 0.29) is 18.9 Å². The lowest BCUT2D eigenvalue weighted by Crippen LogP contribution is -2.65. The summed E-state index contributed by atoms with van der Waals surface area (Å²) in [5.41, 5.74) is 8.84. The Morgan fingerprint density at radius 1 is 1.16 bits per heavy atom. The van der Waals surface area contributed by atoms with E-state index in [4.69, 9.17) is 15.5 Å². The number of hydrogen-bond donors (Lipinski definition) is 1. The van der Waals surface area contributed by atoms with Crippen LogP contribution in [0.3, 0.4) is 0 Å². The van der Waals surface area contributed by atoms with Crippen molar-refractivity contribution in [2.45, 2.75) is 37.4 Å². The van der Waals surface area contributed by atoms with Crippen molar-refractivity contribution in [2.75, 3.05) is 39.4 Å². The molecule has 2 N–H and O–H groups in total. The van der Waals surface area contributed by atoms with E-state index in [1.54, 1.807) is 63.3 Å². The third-order valence-corrected chi connectivity index (χ3v) is 7.59. The lowest BCUT2D eigenvalue weighted by molar-refractivity contribution is -0.143. The number of alkyl halides is 3. The van der Waals surface area contributed by atoms with Crippen molar-refractivity contribution in [2.24, 2.45) is 10.7 Å². The molecule has 0 bridgehead atoms. The summed E-state index contributed by atoms with van der Waals surface area (Å²) >= 11 is 0. The predicted octanol–water partition coefficient (Wildman–Crippen LogP) is 3.64. The first kappa shape index (κ1) is 30.7. The molecule has 3 aromatic rings. The SMILES string of the molecule is N#CCC1(N=CC(=CN)c2cnn3c(-c4cccc(CC(=O)CCC(F)(F)F)c4)cnc3c2)CN(C(=O)N2CCOCC2)C1. The number of carbonyl (C=O) groups excluding carboxylic acids is 2. The van der Waals surface area contributed by atoms with E-state index in [1.807, 2.05) is 0 Å². The normalized spacial score (nSPS) is 17.1. The second-order valence-electron chi connectivity index (χ2n) is 10.9. The summed E-state index contributed by atoms with van der Waals surface area (Å²) in [6.07, 6.45) is 0.157. The molecule has 0 unspecified atom stereocenters. The van der Waals surface area contributed by atoms with Crippen LogP contribution in [0.1, 0.15) is 30.4 Å². The van der Waals surface area contributed by atoms with Gasteiger partial charge in [-0.1, -0.05) is 18.2 Å². The van der Waals surface area contributed by atoms with Gasteiger partial charge in [0.2, 0.25) is 0 Å². The number of amides is 2. The summed E-state index contributed by atoms with van der Waals surface area (Å²) in [7, 11) is 0. The minimum atomic E-state index is -4.37. The molecule has 2 amide bonds. The number of ether oxygens (including phenoxy) is 1. The Morgan fingerprint density at radius 3 is 2.64 bits per heavy atom. The average Bonchev–Trinajstić information content (AvgIpc) is 3.42. The molecule has 44 heavy (non-hydrogen) atoms. The fraction of sp³-hybridized carbons (Fsp3) is 0.400. The molecule has 2 aliphatic rings. The van der Waals surface area contributed by atoms with Crippen molar-refractivity contribution < 1.29 is 27.5 Å². The van der Waals surface area contributed by atoms with Crippen molar-refractivity contribution in [3.8, 4) is 17.3 Å². The van der Waals surface area contributed by atoms with Gasteiger partial charge in [-0.05, 0) is 17.7 Å². The maximum absolute atomic E-state index is 12.8. The average molecular weight is 609 g/mol. The number of nitrogens with two attached hydrogens (primary N) is 1. The van der Waals surface area contributed by atoms with Crippen LogP contribution in [0, 0.1) is 11.3 Å². The van der Waals surface area contributed by atoms with Crippen LogP contribution in [-0.4, -0.2) is 93.5 Å². The molecule has 2 saturated heterocycles. The fourth-order valence-corrected chi connectivity index (χ4v) is 5.23. The maximum atomic E-state index is 12.8. The second-order valence-corrected chi connectivity index (χ2v) is 10.9. The number of urea groups is 1. The van der Waals surface area contributed by atoms with E-state index in [2.05, 4.69) is 16.2 Å². The van der Waals surface area contributed by atoms with Crippen LogP contribution in [-0.2, 0) is 16.0 Å². The summed E-state index contributed by atoms with van der Waals surface area (Å²) in [6, 6.07) is 10.8. The predicted molar refractivity (Wildman–Crippen MR) is 155 cm³/mol. The van der Waals surface area contributed by atoms with Crippen molar-refractivity contribution in [1.29, 1.82) is 5.26 Å². The summed E-state index contributed by atoms with van der Waals surface area (Å²) in [4.78, 5) is 37.5. The van der Waals surface area contributed by atoms with E-state index in [0.29, 0.717) is 73.0 Å². The van der Waals surface area contributed by atoms with Crippen LogP contribution in [0.2, 0.25) is 0 Å². The van der Waals surface area contributed by atoms with Crippen molar-refractivity contribution in [1.82, 2.24) is 24.4 Å². The number of halogens is 3. The van der Waals surface area contributed by atoms with Crippen LogP contribution in [0.5, 0.6) is 0 Å². The number of aromatic nitrogens is 3. The standard InChI is InChI=1S/C30H31F3N8O3/c31-30(32,33)5-4-25(42)13-21-2-1-3-22(12-21)26-18-36-27-14-23(17-38-41(26)27)24(15-35)16-37-29(6-7-34)19-40(20-29)28(43)39-8-10-44-11-9-39/h1-3,12,14-18H,4-6,8-11,13,19-20,35H2. The highest BCUT2D eigenvalue weighted by molar-refractivity contribution is 6.10. The number of allylic oxidation sites excluding steroid dienone is 1. The highest BCUT2D eigenvalue weighted by Crippen LogP contribution is 2.31. The van der Waals surface area contributed by atoms with Gasteiger partial charge in [0.05, 0.1) is 63.3 Å². The van der Waals surface area contributed by atoms with Crippen molar-refractivity contribution >= 4 is 29.2 Å². The lowest BCUT2D eigenvalue weighted by atomic mass is 9.87. The van der Waals surface area contributed by atoms with Crippen LogP contribution < -0.4 is 5.73 Å². The zero-order valence-corrected chi connectivity index (χ0v) is 23.8. The Morgan fingerprint density at radius 2 is 1.93 bits per heavy atom. The molecule has 0 aliphatic carbocycles. The molecule has 0 spiro atoms. The molecule has 14 heteroatoms. The van der Waals surface area contributed by atoms with E-state index >= 15 is 0 Å². The van der Waals surface area contributed by atoms with Gasteiger partial charge < -0.3 is 20.3 Å². The Labute approximate surface area is 251 Å². The van der Waals surface area contributed by atoms with Gasteiger partial charge in [0.15, 0.2) is 5.65 Å². The number of nitrogens with zero attached hydrogens (tertiary/aromatic N) is 7. The molecule has 0 atom stereocenters. The monoisotopic (exact) mass is 608 g/mol. The first-order valence-corrected chi connectivity index (χ1v) is 14.1. The number of Topliss-reactive ketones (excluding diaryl/α,β-unsaturated/α-hetero) is 1. The maximum Gasteiger partial charge on any atom is 0.389 e. The largest absolute Gasteiger partial charge is 0.404 e. The first-order chi connectivity index (χ1) is 21.1. The number of likely N-dealkylation sites (tertiary alicyclic amines) is 1. The molecule has 4 heterocycles. The number of fused-ring (bicyclic) bond motifs is 1. The van der Waals surface area contributed by atoms with Crippen LogP contribution in [0.25, 0.3) is 22.5 Å². The van der Waals surface area contributed by atoms with Gasteiger partial charge in [-0.25, -0.2) is 14.3 Å². The Bertz CT molecular complexity index is 1630. The van der Waals surface area contributed by atoms with Gasteiger partial charge in [-0.15, -0.1) is 0 Å². The fourth-order valence-electron chi connectivity index (χ4n) is 5.23. The number of nitriles is 1. The topological polar surface area (TPSA) is 142 Å². The number of imidazole rings is 1. The van der Waals surface area contributed by atoms with Crippen LogP contribution >= 0.6 is 0 Å². The number of aliphatic imine (C=N–C) groups is 1. The molecular formula is C30H31F3N8O3. The number of ketones is 1. The molecule has 230 valence electrons. The summed E-state index contributed by atoms with van der Waals surface area (Å²) in [5, 5.41) is 14.0. The highest BCUT2D eigenvalue weighted by atomic mass is 19.4. The molecule has 2 aliphatic heterocycles. The smallest absolute Gasteiger partial charge is 0.389 e. The second kappa shape index (κ2) is 12.8. The molecule has 11 nitrogen and oxygen atoms in total. The number of carbonyl (C=O) groups is 2. The van der Waals surface area contributed by atoms with Gasteiger partial charge >= 0.3 is 12.2 Å². The Hall–Kier alpha value is -4.77. The molecule has 2 fully saturated rings. The molecule has 5 rings (SSSR count). The minimum absolute atomic E-state index is 0.0880. The number of benzene rings is 1. The Balaban J connectivity index is 1.28. The number of rotatable bonds is 9. The summed E-state index contributed by atoms with van der Waals surface area (Å²) < 4.78 is 44.4. The number of morpholine rings is 1. The van der Waals surface area contributed by atoms with E-state index in [1.165, 1.54) is 6.20 Å². The molecular weight excluding hydrogens is 577 g/mol. The van der Waals surface area contributed by atoms with E-state index in [9.17, 15) is 28.0 Å². The van der Waals surface area contributed by atoms with Crippen molar-refractivity contribution in [3.63, 3.8) is 0 Å².